The monoisotopic (exact) mass is 320 g/mol. The van der Waals surface area contributed by atoms with Gasteiger partial charge in [-0.3, -0.25) is 0 Å². The Morgan fingerprint density at radius 2 is 2.04 bits per heavy atom. The van der Waals surface area contributed by atoms with Gasteiger partial charge in [-0.05, 0) is 25.1 Å². The number of hydrogen-bond acceptors (Lipinski definition) is 4. The van der Waals surface area contributed by atoms with Crippen LogP contribution in [-0.2, 0) is 11.3 Å². The van der Waals surface area contributed by atoms with E-state index in [0.717, 1.165) is 0 Å². The molecule has 2 rings (SSSR count). The molecule has 0 atom stereocenters. The Morgan fingerprint density at radius 3 is 2.70 bits per heavy atom. The molecule has 0 aliphatic rings. The van der Waals surface area contributed by atoms with Gasteiger partial charge in [0.05, 0.1) is 19.3 Å². The molecule has 0 aliphatic carbocycles. The van der Waals surface area contributed by atoms with Gasteiger partial charge < -0.3 is 19.4 Å². The first-order chi connectivity index (χ1) is 10.9. The Hall–Kier alpha value is -2.83. The third-order valence-electron chi connectivity index (χ3n) is 3.23. The first kappa shape index (κ1) is 16.5. The highest BCUT2D eigenvalue weighted by molar-refractivity contribution is 5.91. The van der Waals surface area contributed by atoms with Crippen LogP contribution in [0, 0.1) is 12.7 Å². The number of aryl methyl sites for hydroxylation is 1. The zero-order valence-electron chi connectivity index (χ0n) is 13.1. The Kier molecular flexibility index (Phi) is 5.00. The van der Waals surface area contributed by atoms with E-state index in [0.29, 0.717) is 17.1 Å². The topological polar surface area (TPSA) is 71.8 Å². The van der Waals surface area contributed by atoms with Crippen LogP contribution >= 0.6 is 0 Å². The number of urea groups is 1. The molecule has 0 unspecified atom stereocenters. The van der Waals surface area contributed by atoms with E-state index in [1.54, 1.807) is 13.0 Å². The number of halogens is 1. The van der Waals surface area contributed by atoms with Gasteiger partial charge in [0.1, 0.15) is 22.9 Å². The highest BCUT2D eigenvalue weighted by Crippen LogP contribution is 2.18. The summed E-state index contributed by atoms with van der Waals surface area (Å²) in [6.07, 6.45) is 0. The zero-order valence-corrected chi connectivity index (χ0v) is 13.1. The van der Waals surface area contributed by atoms with E-state index in [9.17, 15) is 14.0 Å². The molecular formula is C16H17FN2O4. The number of carbonyl (C=O) groups is 2. The molecule has 1 aromatic heterocycles. The molecular weight excluding hydrogens is 303 g/mol. The lowest BCUT2D eigenvalue weighted by atomic mass is 10.2. The fourth-order valence-electron chi connectivity index (χ4n) is 2.01. The molecule has 1 N–H and O–H groups in total. The number of rotatable bonds is 4. The smallest absolute Gasteiger partial charge is 0.341 e. The maximum Gasteiger partial charge on any atom is 0.341 e. The molecule has 0 spiro atoms. The minimum Gasteiger partial charge on any atom is -0.465 e. The number of hydrogen-bond donors (Lipinski definition) is 1. The van der Waals surface area contributed by atoms with E-state index in [-0.39, 0.29) is 12.2 Å². The van der Waals surface area contributed by atoms with Crippen LogP contribution in [0.5, 0.6) is 0 Å². The third-order valence-corrected chi connectivity index (χ3v) is 3.23. The average Bonchev–Trinajstić information content (AvgIpc) is 2.89. The SMILES string of the molecule is COC(=O)c1cc(CN(C)C(=O)Nc2ccccc2F)oc1C. The highest BCUT2D eigenvalue weighted by atomic mass is 19.1. The molecule has 2 amide bonds. The summed E-state index contributed by atoms with van der Waals surface area (Å²) in [5.74, 6) is -0.184. The number of nitrogens with one attached hydrogen (secondary N) is 1. The highest BCUT2D eigenvalue weighted by Gasteiger charge is 2.18. The fourth-order valence-corrected chi connectivity index (χ4v) is 2.01. The number of benzene rings is 1. The molecule has 0 radical (unpaired) electrons. The van der Waals surface area contributed by atoms with E-state index in [4.69, 9.17) is 4.42 Å². The van der Waals surface area contributed by atoms with Crippen LogP contribution < -0.4 is 5.32 Å². The second-order valence-corrected chi connectivity index (χ2v) is 4.94. The van der Waals surface area contributed by atoms with Crippen LogP contribution in [0.25, 0.3) is 0 Å². The number of methoxy groups -OCH3 is 1. The van der Waals surface area contributed by atoms with Crippen molar-refractivity contribution in [3.05, 3.63) is 53.2 Å². The lowest BCUT2D eigenvalue weighted by molar-refractivity contribution is 0.0598. The molecule has 6 nitrogen and oxygen atoms in total. The van der Waals surface area contributed by atoms with Crippen LogP contribution in [0.1, 0.15) is 21.9 Å². The Morgan fingerprint density at radius 1 is 1.35 bits per heavy atom. The van der Waals surface area contributed by atoms with Crippen molar-refractivity contribution in [2.45, 2.75) is 13.5 Å². The molecule has 1 aromatic carbocycles. The molecule has 0 saturated carbocycles. The summed E-state index contributed by atoms with van der Waals surface area (Å²) in [5, 5.41) is 2.46. The van der Waals surface area contributed by atoms with E-state index >= 15 is 0 Å². The molecule has 0 aliphatic heterocycles. The normalized spacial score (nSPS) is 10.3. The Balaban J connectivity index is 2.04. The molecule has 2 aromatic rings. The van der Waals surface area contributed by atoms with Crippen LogP contribution in [0.3, 0.4) is 0 Å². The molecule has 7 heteroatoms. The molecule has 23 heavy (non-hydrogen) atoms. The average molecular weight is 320 g/mol. The summed E-state index contributed by atoms with van der Waals surface area (Å²) in [6.45, 7) is 1.76. The maximum atomic E-state index is 13.5. The van der Waals surface area contributed by atoms with Crippen LogP contribution in [0.4, 0.5) is 14.9 Å². The lowest BCUT2D eigenvalue weighted by Crippen LogP contribution is -2.31. The number of esters is 1. The number of nitrogens with zero attached hydrogens (tertiary/aromatic N) is 1. The summed E-state index contributed by atoms with van der Waals surface area (Å²) < 4.78 is 23.6. The van der Waals surface area contributed by atoms with E-state index in [2.05, 4.69) is 10.1 Å². The second kappa shape index (κ2) is 6.95. The summed E-state index contributed by atoms with van der Waals surface area (Å²) in [5.41, 5.74) is 0.403. The van der Waals surface area contributed by atoms with Crippen LogP contribution in [0.2, 0.25) is 0 Å². The van der Waals surface area contributed by atoms with Gasteiger partial charge in [-0.1, -0.05) is 12.1 Å². The van der Waals surface area contributed by atoms with Crippen molar-refractivity contribution in [3.63, 3.8) is 0 Å². The van der Waals surface area contributed by atoms with Crippen molar-refractivity contribution in [1.29, 1.82) is 0 Å². The summed E-state index contributed by atoms with van der Waals surface area (Å²) in [4.78, 5) is 24.9. The van der Waals surface area contributed by atoms with E-state index in [1.807, 2.05) is 0 Å². The number of amides is 2. The minimum absolute atomic E-state index is 0.0928. The lowest BCUT2D eigenvalue weighted by Gasteiger charge is -2.16. The zero-order chi connectivity index (χ0) is 17.0. The van der Waals surface area contributed by atoms with Crippen molar-refractivity contribution in [2.75, 3.05) is 19.5 Å². The predicted octanol–water partition coefficient (Wildman–Crippen LogP) is 3.18. The van der Waals surface area contributed by atoms with Gasteiger partial charge in [0.25, 0.3) is 0 Å². The van der Waals surface area contributed by atoms with Gasteiger partial charge in [0, 0.05) is 7.05 Å². The first-order valence-corrected chi connectivity index (χ1v) is 6.86. The number of para-hydroxylation sites is 1. The second-order valence-electron chi connectivity index (χ2n) is 4.94. The third kappa shape index (κ3) is 3.88. The number of anilines is 1. The Labute approximate surface area is 132 Å². The van der Waals surface area contributed by atoms with Gasteiger partial charge in [-0.2, -0.15) is 0 Å². The number of carbonyl (C=O) groups excluding carboxylic acids is 2. The van der Waals surface area contributed by atoms with Gasteiger partial charge in [0.15, 0.2) is 0 Å². The van der Waals surface area contributed by atoms with Crippen molar-refractivity contribution >= 4 is 17.7 Å². The molecule has 0 fully saturated rings. The molecule has 0 bridgehead atoms. The first-order valence-electron chi connectivity index (χ1n) is 6.86. The minimum atomic E-state index is -0.518. The van der Waals surface area contributed by atoms with Crippen LogP contribution in [0.15, 0.2) is 34.7 Å². The van der Waals surface area contributed by atoms with Gasteiger partial charge in [0.2, 0.25) is 0 Å². The molecule has 1 heterocycles. The summed E-state index contributed by atoms with van der Waals surface area (Å²) in [6, 6.07) is 6.91. The van der Waals surface area contributed by atoms with E-state index in [1.165, 1.54) is 43.3 Å². The van der Waals surface area contributed by atoms with Gasteiger partial charge >= 0.3 is 12.0 Å². The predicted molar refractivity (Wildman–Crippen MR) is 81.7 cm³/mol. The number of furan rings is 1. The molecule has 122 valence electrons. The standard InChI is InChI=1S/C16H17FN2O4/c1-10-12(15(20)22-3)8-11(23-10)9-19(2)16(21)18-14-7-5-4-6-13(14)17/h4-8H,9H2,1-3H3,(H,18,21). The van der Waals surface area contributed by atoms with E-state index < -0.39 is 17.8 Å². The van der Waals surface area contributed by atoms with Crippen molar-refractivity contribution in [3.8, 4) is 0 Å². The maximum absolute atomic E-state index is 13.5. The van der Waals surface area contributed by atoms with Gasteiger partial charge in [-0.15, -0.1) is 0 Å². The quantitative estimate of drug-likeness (QED) is 0.878. The van der Waals surface area contributed by atoms with Gasteiger partial charge in [-0.25, -0.2) is 14.0 Å². The van der Waals surface area contributed by atoms with Crippen LogP contribution in [-0.4, -0.2) is 31.1 Å². The fraction of sp³-hybridized carbons (Fsp3) is 0.250. The van der Waals surface area contributed by atoms with Crippen molar-refractivity contribution in [2.24, 2.45) is 0 Å². The summed E-state index contributed by atoms with van der Waals surface area (Å²) >= 11 is 0. The number of ether oxygens (including phenoxy) is 1. The van der Waals surface area contributed by atoms with Crippen molar-refractivity contribution in [1.82, 2.24) is 4.90 Å². The summed E-state index contributed by atoms with van der Waals surface area (Å²) in [7, 11) is 2.81. The van der Waals surface area contributed by atoms with Crippen molar-refractivity contribution < 1.29 is 23.1 Å². The Bertz CT molecular complexity index is 727. The largest absolute Gasteiger partial charge is 0.465 e. The molecule has 0 saturated heterocycles.